The average molecular weight is 464 g/mol. The first-order chi connectivity index (χ1) is 16.3. The van der Waals surface area contributed by atoms with Gasteiger partial charge in [-0.1, -0.05) is 30.3 Å². The first-order valence-electron chi connectivity index (χ1n) is 11.3. The number of amides is 2. The Hall–Kier alpha value is -3.81. The zero-order chi connectivity index (χ0) is 24.1. The van der Waals surface area contributed by atoms with Gasteiger partial charge in [0.25, 0.3) is 5.91 Å². The van der Waals surface area contributed by atoms with Crippen molar-refractivity contribution < 1.29 is 23.5 Å². The van der Waals surface area contributed by atoms with E-state index in [1.807, 2.05) is 51.1 Å². The second-order valence-electron chi connectivity index (χ2n) is 9.11. The average Bonchev–Trinajstić information content (AvgIpc) is 3.33. The zero-order valence-electron chi connectivity index (χ0n) is 19.6. The molecule has 1 aliphatic heterocycles. The molecule has 4 rings (SSSR count). The summed E-state index contributed by atoms with van der Waals surface area (Å²) in [5.41, 5.74) is 0.293. The van der Waals surface area contributed by atoms with Gasteiger partial charge in [0.2, 0.25) is 0 Å². The van der Waals surface area contributed by atoms with Crippen LogP contribution in [-0.4, -0.2) is 64.7 Å². The summed E-state index contributed by atoms with van der Waals surface area (Å²) in [5, 5.41) is 0. The molecule has 1 atom stereocenters. The first-order valence-corrected chi connectivity index (χ1v) is 11.3. The van der Waals surface area contributed by atoms with E-state index >= 15 is 0 Å². The maximum Gasteiger partial charge on any atom is 0.410 e. The summed E-state index contributed by atoms with van der Waals surface area (Å²) in [7, 11) is 0. The van der Waals surface area contributed by atoms with Crippen LogP contribution in [0.3, 0.4) is 0 Å². The minimum absolute atomic E-state index is 0.197. The minimum atomic E-state index is -0.603. The number of pyridine rings is 1. The predicted octanol–water partition coefficient (Wildman–Crippen LogP) is 4.48. The van der Waals surface area contributed by atoms with Crippen molar-refractivity contribution in [1.82, 2.24) is 14.8 Å². The van der Waals surface area contributed by atoms with Crippen LogP contribution in [-0.2, 0) is 4.74 Å². The summed E-state index contributed by atoms with van der Waals surface area (Å²) in [4.78, 5) is 33.4. The molecule has 1 aromatic carbocycles. The highest BCUT2D eigenvalue weighted by Gasteiger charge is 2.36. The van der Waals surface area contributed by atoms with E-state index in [-0.39, 0.29) is 30.9 Å². The normalized spacial score (nSPS) is 16.3. The highest BCUT2D eigenvalue weighted by atomic mass is 16.6. The SMILES string of the molecule is CC(C)(C)OC(=O)N1CCN(C(=O)c2ccc(-c3ccccc3)o2)C(COc2cccnc2)C1. The number of carbonyl (C=O) groups is 2. The van der Waals surface area contributed by atoms with Crippen LogP contribution >= 0.6 is 0 Å². The van der Waals surface area contributed by atoms with Gasteiger partial charge in [0.05, 0.1) is 12.2 Å². The molecule has 8 heteroatoms. The van der Waals surface area contributed by atoms with Gasteiger partial charge in [0.1, 0.15) is 23.7 Å². The van der Waals surface area contributed by atoms with Crippen LogP contribution in [0.15, 0.2) is 71.4 Å². The van der Waals surface area contributed by atoms with Crippen LogP contribution < -0.4 is 4.74 Å². The molecular weight excluding hydrogens is 434 g/mol. The summed E-state index contributed by atoms with van der Waals surface area (Å²) >= 11 is 0. The molecule has 2 aromatic heterocycles. The van der Waals surface area contributed by atoms with E-state index in [1.165, 1.54) is 0 Å². The third-order valence-corrected chi connectivity index (χ3v) is 5.35. The molecule has 0 spiro atoms. The number of benzene rings is 1. The van der Waals surface area contributed by atoms with E-state index in [4.69, 9.17) is 13.9 Å². The number of aromatic nitrogens is 1. The quantitative estimate of drug-likeness (QED) is 0.555. The summed E-state index contributed by atoms with van der Waals surface area (Å²) in [5.74, 6) is 1.22. The number of furan rings is 1. The molecule has 1 saturated heterocycles. The van der Waals surface area contributed by atoms with Crippen molar-refractivity contribution in [3.8, 4) is 17.1 Å². The Morgan fingerprint density at radius 3 is 2.56 bits per heavy atom. The minimum Gasteiger partial charge on any atom is -0.490 e. The molecule has 3 aromatic rings. The van der Waals surface area contributed by atoms with Gasteiger partial charge in [0.15, 0.2) is 5.76 Å². The van der Waals surface area contributed by atoms with Gasteiger partial charge in [-0.25, -0.2) is 4.79 Å². The lowest BCUT2D eigenvalue weighted by Gasteiger charge is -2.41. The Balaban J connectivity index is 1.51. The van der Waals surface area contributed by atoms with Crippen molar-refractivity contribution in [3.63, 3.8) is 0 Å². The number of hydrogen-bond donors (Lipinski definition) is 0. The molecule has 178 valence electrons. The zero-order valence-corrected chi connectivity index (χ0v) is 19.6. The van der Waals surface area contributed by atoms with Crippen molar-refractivity contribution in [2.75, 3.05) is 26.2 Å². The Kier molecular flexibility index (Phi) is 6.86. The van der Waals surface area contributed by atoms with Crippen LogP contribution in [0.1, 0.15) is 31.3 Å². The molecule has 3 heterocycles. The second kappa shape index (κ2) is 9.99. The molecule has 1 unspecified atom stereocenters. The van der Waals surface area contributed by atoms with E-state index in [1.54, 1.807) is 46.5 Å². The lowest BCUT2D eigenvalue weighted by molar-refractivity contribution is -0.00163. The van der Waals surface area contributed by atoms with Crippen LogP contribution in [0.2, 0.25) is 0 Å². The van der Waals surface area contributed by atoms with Crippen LogP contribution in [0.25, 0.3) is 11.3 Å². The molecule has 8 nitrogen and oxygen atoms in total. The molecule has 0 radical (unpaired) electrons. The highest BCUT2D eigenvalue weighted by Crippen LogP contribution is 2.24. The number of nitrogens with zero attached hydrogens (tertiary/aromatic N) is 3. The van der Waals surface area contributed by atoms with Crippen molar-refractivity contribution in [3.05, 3.63) is 72.8 Å². The van der Waals surface area contributed by atoms with Crippen LogP contribution in [0.5, 0.6) is 5.75 Å². The van der Waals surface area contributed by atoms with E-state index in [9.17, 15) is 9.59 Å². The number of piperazine rings is 1. The van der Waals surface area contributed by atoms with E-state index in [0.717, 1.165) is 5.56 Å². The number of carbonyl (C=O) groups excluding carboxylic acids is 2. The number of hydrogen-bond acceptors (Lipinski definition) is 6. The molecule has 0 N–H and O–H groups in total. The summed E-state index contributed by atoms with van der Waals surface area (Å²) in [6.07, 6.45) is 2.86. The maximum atomic E-state index is 13.4. The van der Waals surface area contributed by atoms with Crippen molar-refractivity contribution in [2.24, 2.45) is 0 Å². The molecule has 0 saturated carbocycles. The third kappa shape index (κ3) is 5.75. The Morgan fingerprint density at radius 2 is 1.85 bits per heavy atom. The largest absolute Gasteiger partial charge is 0.490 e. The third-order valence-electron chi connectivity index (χ3n) is 5.35. The van der Waals surface area contributed by atoms with Gasteiger partial charge in [-0.05, 0) is 45.0 Å². The van der Waals surface area contributed by atoms with Gasteiger partial charge in [-0.3, -0.25) is 9.78 Å². The molecule has 1 aliphatic rings. The van der Waals surface area contributed by atoms with Crippen molar-refractivity contribution >= 4 is 12.0 Å². The Morgan fingerprint density at radius 1 is 1.06 bits per heavy atom. The smallest absolute Gasteiger partial charge is 0.410 e. The monoisotopic (exact) mass is 463 g/mol. The summed E-state index contributed by atoms with van der Waals surface area (Å²) in [6, 6.07) is 16.3. The van der Waals surface area contributed by atoms with E-state index in [0.29, 0.717) is 24.6 Å². The number of ether oxygens (including phenoxy) is 2. The van der Waals surface area contributed by atoms with Gasteiger partial charge >= 0.3 is 6.09 Å². The summed E-state index contributed by atoms with van der Waals surface area (Å²) in [6.45, 7) is 6.66. The van der Waals surface area contributed by atoms with Crippen molar-refractivity contribution in [2.45, 2.75) is 32.4 Å². The highest BCUT2D eigenvalue weighted by molar-refractivity contribution is 5.92. The number of rotatable bonds is 5. The lowest BCUT2D eigenvalue weighted by Crippen LogP contribution is -2.59. The summed E-state index contributed by atoms with van der Waals surface area (Å²) < 4.78 is 17.3. The van der Waals surface area contributed by atoms with Crippen molar-refractivity contribution in [1.29, 1.82) is 0 Å². The van der Waals surface area contributed by atoms with Gasteiger partial charge in [-0.15, -0.1) is 0 Å². The fourth-order valence-electron chi connectivity index (χ4n) is 3.73. The standard InChI is InChI=1S/C26H29N3O5/c1-26(2,3)34-25(31)28-14-15-29(20(17-28)18-32-21-10-7-13-27-16-21)24(30)23-12-11-22(33-23)19-8-5-4-6-9-19/h4-13,16,20H,14-15,17-18H2,1-3H3. The van der Waals surface area contributed by atoms with Gasteiger partial charge < -0.3 is 23.7 Å². The van der Waals surface area contributed by atoms with Crippen LogP contribution in [0, 0.1) is 0 Å². The topological polar surface area (TPSA) is 85.1 Å². The molecule has 0 bridgehead atoms. The molecule has 1 fully saturated rings. The predicted molar refractivity (Wildman–Crippen MR) is 127 cm³/mol. The molecule has 34 heavy (non-hydrogen) atoms. The second-order valence-corrected chi connectivity index (χ2v) is 9.11. The van der Waals surface area contributed by atoms with Gasteiger partial charge in [0, 0.05) is 31.4 Å². The molecule has 2 amide bonds. The molecular formula is C26H29N3O5. The van der Waals surface area contributed by atoms with Gasteiger partial charge in [-0.2, -0.15) is 0 Å². The fraction of sp³-hybridized carbons (Fsp3) is 0.346. The Bertz CT molecular complexity index is 1110. The fourth-order valence-corrected chi connectivity index (χ4v) is 3.73. The van der Waals surface area contributed by atoms with Crippen LogP contribution in [0.4, 0.5) is 4.79 Å². The molecule has 0 aliphatic carbocycles. The van der Waals surface area contributed by atoms with E-state index < -0.39 is 11.7 Å². The lowest BCUT2D eigenvalue weighted by atomic mass is 10.1. The Labute approximate surface area is 199 Å². The van der Waals surface area contributed by atoms with E-state index in [2.05, 4.69) is 4.98 Å². The first kappa shape index (κ1) is 23.4. The maximum absolute atomic E-state index is 13.4.